The molecule has 0 saturated carbocycles. The number of ether oxygens (including phenoxy) is 2. The molecule has 2 aliphatic carbocycles. The number of esters is 2. The molecule has 3 aliphatic rings. The zero-order valence-corrected chi connectivity index (χ0v) is 20.9. The van der Waals surface area contributed by atoms with Gasteiger partial charge in [0, 0.05) is 18.8 Å². The Morgan fingerprint density at radius 3 is 2.58 bits per heavy atom. The van der Waals surface area contributed by atoms with E-state index < -0.39 is 17.1 Å². The molecule has 0 aromatic heterocycles. The van der Waals surface area contributed by atoms with Crippen LogP contribution >= 0.6 is 0 Å². The molecular weight excluding hydrogens is 420 g/mol. The predicted octanol–water partition coefficient (Wildman–Crippen LogP) is 4.54. The minimum atomic E-state index is -1.21. The fourth-order valence-electron chi connectivity index (χ4n) is 5.66. The fourth-order valence-corrected chi connectivity index (χ4v) is 5.66. The zero-order valence-electron chi connectivity index (χ0n) is 20.9. The summed E-state index contributed by atoms with van der Waals surface area (Å²) in [5.74, 6) is -0.736. The molecule has 1 saturated heterocycles. The molecule has 6 heteroatoms. The molecule has 1 aliphatic heterocycles. The van der Waals surface area contributed by atoms with Crippen LogP contribution in [-0.4, -0.2) is 40.6 Å². The topological polar surface area (TPSA) is 89.9 Å². The predicted molar refractivity (Wildman–Crippen MR) is 125 cm³/mol. The van der Waals surface area contributed by atoms with E-state index in [0.29, 0.717) is 32.1 Å². The van der Waals surface area contributed by atoms with Crippen LogP contribution in [0.5, 0.6) is 0 Å². The van der Waals surface area contributed by atoms with E-state index in [9.17, 15) is 19.5 Å². The van der Waals surface area contributed by atoms with Crippen molar-refractivity contribution in [1.29, 1.82) is 0 Å². The van der Waals surface area contributed by atoms with Gasteiger partial charge < -0.3 is 14.6 Å². The maximum absolute atomic E-state index is 13.3. The molecule has 0 aromatic rings. The molecule has 3 rings (SSSR count). The Morgan fingerprint density at radius 1 is 1.27 bits per heavy atom. The maximum atomic E-state index is 13.3. The van der Waals surface area contributed by atoms with Crippen molar-refractivity contribution in [3.63, 3.8) is 0 Å². The SMILES string of the molecule is CCC(C)(C)C(=O)O[C@@]1(C(C)=O)C[C@@H](C)C=C2C=CC(C)[C@H](CCC3C[C@@H](O)CC(=O)O3)[C@H]21. The summed E-state index contributed by atoms with van der Waals surface area (Å²) in [5, 5.41) is 9.99. The summed E-state index contributed by atoms with van der Waals surface area (Å²) in [4.78, 5) is 38.3. The van der Waals surface area contributed by atoms with Gasteiger partial charge in [-0.2, -0.15) is 0 Å². The second-order valence-electron chi connectivity index (χ2n) is 11.1. The normalized spacial score (nSPS) is 36.5. The number of hydrogen-bond donors (Lipinski definition) is 1. The number of ketones is 1. The Bertz CT molecular complexity index is 840. The lowest BCUT2D eigenvalue weighted by atomic mass is 9.58. The highest BCUT2D eigenvalue weighted by Gasteiger charge is 2.56. The van der Waals surface area contributed by atoms with Gasteiger partial charge in [0.2, 0.25) is 0 Å². The van der Waals surface area contributed by atoms with Gasteiger partial charge in [-0.15, -0.1) is 0 Å². The van der Waals surface area contributed by atoms with E-state index in [0.717, 1.165) is 5.57 Å². The fraction of sp³-hybridized carbons (Fsp3) is 0.741. The lowest BCUT2D eigenvalue weighted by molar-refractivity contribution is -0.186. The number of allylic oxidation sites excluding steroid dienone is 3. The maximum Gasteiger partial charge on any atom is 0.312 e. The third kappa shape index (κ3) is 5.26. The second-order valence-corrected chi connectivity index (χ2v) is 11.1. The quantitative estimate of drug-likeness (QED) is 0.561. The van der Waals surface area contributed by atoms with Crippen LogP contribution in [0.1, 0.15) is 80.1 Å². The minimum Gasteiger partial charge on any atom is -0.462 e. The molecule has 0 bridgehead atoms. The molecule has 0 spiro atoms. The summed E-state index contributed by atoms with van der Waals surface area (Å²) >= 11 is 0. The average molecular weight is 461 g/mol. The number of aliphatic hydroxyl groups excluding tert-OH is 1. The first-order chi connectivity index (χ1) is 15.4. The van der Waals surface area contributed by atoms with E-state index in [-0.39, 0.29) is 53.9 Å². The third-order valence-electron chi connectivity index (χ3n) is 8.02. The number of Topliss-reactive ketones (excluding diaryl/α,β-unsaturated/α-hetero) is 1. The second kappa shape index (κ2) is 9.73. The Hall–Kier alpha value is -1.95. The standard InChI is InChI=1S/C27H40O6/c1-7-26(5,6)25(31)33-27(18(4)28)15-16(2)12-19-9-8-17(3)22(24(19)27)11-10-21-13-20(29)14-23(30)32-21/h8-9,12,16-17,20-22,24,29H,7,10-11,13-15H2,1-6H3/t16-,17?,20+,21?,22-,24-,27+/m0/s1. The van der Waals surface area contributed by atoms with Crippen molar-refractivity contribution in [2.45, 2.75) is 97.9 Å². The number of carbonyl (C=O) groups excluding carboxylic acids is 3. The van der Waals surface area contributed by atoms with Gasteiger partial charge in [0.05, 0.1) is 17.9 Å². The first kappa shape index (κ1) is 25.7. The van der Waals surface area contributed by atoms with Crippen LogP contribution in [0.25, 0.3) is 0 Å². The average Bonchev–Trinajstić information content (AvgIpc) is 2.72. The van der Waals surface area contributed by atoms with Crippen molar-refractivity contribution in [3.05, 3.63) is 23.8 Å². The lowest BCUT2D eigenvalue weighted by Gasteiger charge is -2.50. The van der Waals surface area contributed by atoms with Gasteiger partial charge in [-0.25, -0.2) is 0 Å². The molecule has 0 aromatic carbocycles. The zero-order chi connectivity index (χ0) is 24.6. The van der Waals surface area contributed by atoms with Crippen LogP contribution in [0, 0.1) is 29.1 Å². The summed E-state index contributed by atoms with van der Waals surface area (Å²) in [6, 6.07) is 0. The van der Waals surface area contributed by atoms with Crippen LogP contribution in [0.3, 0.4) is 0 Å². The molecule has 2 unspecified atom stereocenters. The Labute approximate surface area is 197 Å². The monoisotopic (exact) mass is 460 g/mol. The summed E-state index contributed by atoms with van der Waals surface area (Å²) in [5.41, 5.74) is -0.834. The van der Waals surface area contributed by atoms with Crippen molar-refractivity contribution in [2.24, 2.45) is 29.1 Å². The van der Waals surface area contributed by atoms with E-state index in [4.69, 9.17) is 9.47 Å². The van der Waals surface area contributed by atoms with Crippen LogP contribution in [0.4, 0.5) is 0 Å². The van der Waals surface area contributed by atoms with Crippen molar-refractivity contribution in [2.75, 3.05) is 0 Å². The molecular formula is C27H40O6. The van der Waals surface area contributed by atoms with Crippen molar-refractivity contribution < 1.29 is 29.0 Å². The van der Waals surface area contributed by atoms with Crippen LogP contribution in [0.15, 0.2) is 23.8 Å². The van der Waals surface area contributed by atoms with Gasteiger partial charge in [0.25, 0.3) is 0 Å². The molecule has 6 nitrogen and oxygen atoms in total. The van der Waals surface area contributed by atoms with E-state index in [2.05, 4.69) is 32.1 Å². The van der Waals surface area contributed by atoms with Crippen molar-refractivity contribution in [1.82, 2.24) is 0 Å². The van der Waals surface area contributed by atoms with Gasteiger partial charge in [0.15, 0.2) is 11.4 Å². The largest absolute Gasteiger partial charge is 0.462 e. The van der Waals surface area contributed by atoms with E-state index in [1.807, 2.05) is 20.8 Å². The van der Waals surface area contributed by atoms with E-state index in [1.165, 1.54) is 0 Å². The molecule has 1 heterocycles. The first-order valence-corrected chi connectivity index (χ1v) is 12.4. The van der Waals surface area contributed by atoms with Crippen molar-refractivity contribution >= 4 is 17.7 Å². The van der Waals surface area contributed by atoms with Gasteiger partial charge in [-0.05, 0) is 63.4 Å². The number of fused-ring (bicyclic) bond motifs is 1. The third-order valence-corrected chi connectivity index (χ3v) is 8.02. The number of rotatable bonds is 7. The number of aliphatic hydroxyl groups is 1. The number of carbonyl (C=O) groups is 3. The number of cyclic esters (lactones) is 1. The van der Waals surface area contributed by atoms with E-state index >= 15 is 0 Å². The minimum absolute atomic E-state index is 0.0447. The smallest absolute Gasteiger partial charge is 0.312 e. The summed E-state index contributed by atoms with van der Waals surface area (Å²) < 4.78 is 11.7. The Kier molecular flexibility index (Phi) is 7.57. The molecule has 0 amide bonds. The number of hydrogen-bond acceptors (Lipinski definition) is 6. The van der Waals surface area contributed by atoms with E-state index in [1.54, 1.807) is 6.92 Å². The lowest BCUT2D eigenvalue weighted by Crippen LogP contribution is -2.57. The van der Waals surface area contributed by atoms with Crippen LogP contribution in [0.2, 0.25) is 0 Å². The van der Waals surface area contributed by atoms with Gasteiger partial charge in [-0.1, -0.05) is 39.0 Å². The highest BCUT2D eigenvalue weighted by Crippen LogP contribution is 2.51. The van der Waals surface area contributed by atoms with Crippen LogP contribution < -0.4 is 0 Å². The highest BCUT2D eigenvalue weighted by atomic mass is 16.6. The highest BCUT2D eigenvalue weighted by molar-refractivity contribution is 5.90. The molecule has 0 radical (unpaired) electrons. The molecule has 184 valence electrons. The van der Waals surface area contributed by atoms with Gasteiger partial charge in [0.1, 0.15) is 6.10 Å². The molecule has 7 atom stereocenters. The van der Waals surface area contributed by atoms with Crippen LogP contribution in [-0.2, 0) is 23.9 Å². The molecule has 33 heavy (non-hydrogen) atoms. The van der Waals surface area contributed by atoms with Crippen molar-refractivity contribution in [3.8, 4) is 0 Å². The molecule has 1 N–H and O–H groups in total. The Morgan fingerprint density at radius 2 is 1.97 bits per heavy atom. The summed E-state index contributed by atoms with van der Waals surface area (Å²) in [6.45, 7) is 11.4. The van der Waals surface area contributed by atoms with Gasteiger partial charge in [-0.3, -0.25) is 14.4 Å². The summed E-state index contributed by atoms with van der Waals surface area (Å²) in [7, 11) is 0. The first-order valence-electron chi connectivity index (χ1n) is 12.4. The summed E-state index contributed by atoms with van der Waals surface area (Å²) in [6.07, 6.45) is 8.33. The molecule has 1 fully saturated rings. The Balaban J connectivity index is 1.94. The van der Waals surface area contributed by atoms with Gasteiger partial charge >= 0.3 is 11.9 Å².